The van der Waals surface area contributed by atoms with Gasteiger partial charge in [-0.2, -0.15) is 0 Å². The molecule has 0 radical (unpaired) electrons. The van der Waals surface area contributed by atoms with Crippen molar-refractivity contribution in [2.75, 3.05) is 6.54 Å². The molecule has 100 valence electrons. The lowest BCUT2D eigenvalue weighted by atomic mass is 10.1. The second-order valence-corrected chi connectivity index (χ2v) is 4.46. The Bertz CT molecular complexity index is 560. The first kappa shape index (κ1) is 13.4. The molecule has 2 aromatic rings. The molecule has 0 saturated heterocycles. The second kappa shape index (κ2) is 5.71. The Hall–Kier alpha value is -2.07. The molecule has 1 unspecified atom stereocenters. The van der Waals surface area contributed by atoms with Gasteiger partial charge >= 0.3 is 0 Å². The van der Waals surface area contributed by atoms with Crippen molar-refractivity contribution in [2.45, 2.75) is 20.0 Å². The quantitative estimate of drug-likeness (QED) is 0.886. The molecule has 19 heavy (non-hydrogen) atoms. The van der Waals surface area contributed by atoms with Crippen molar-refractivity contribution in [3.63, 3.8) is 0 Å². The number of benzene rings is 1. The Labute approximate surface area is 112 Å². The van der Waals surface area contributed by atoms with Crippen LogP contribution in [0.15, 0.2) is 40.8 Å². The smallest absolute Gasteiger partial charge is 0.254 e. The molecule has 4 heteroatoms. The van der Waals surface area contributed by atoms with E-state index in [0.717, 1.165) is 5.56 Å². The molecule has 1 heterocycles. The summed E-state index contributed by atoms with van der Waals surface area (Å²) in [5.41, 5.74) is 1.29. The number of amides is 1. The summed E-state index contributed by atoms with van der Waals surface area (Å²) in [7, 11) is 0. The van der Waals surface area contributed by atoms with Crippen molar-refractivity contribution in [3.8, 4) is 0 Å². The van der Waals surface area contributed by atoms with E-state index in [1.54, 1.807) is 19.9 Å². The maximum Gasteiger partial charge on any atom is 0.254 e. The van der Waals surface area contributed by atoms with Gasteiger partial charge in [0.25, 0.3) is 5.91 Å². The maximum absolute atomic E-state index is 11.9. The number of hydrogen-bond donors (Lipinski definition) is 2. The second-order valence-electron chi connectivity index (χ2n) is 4.46. The minimum Gasteiger partial charge on any atom is -0.466 e. The van der Waals surface area contributed by atoms with Crippen molar-refractivity contribution in [1.82, 2.24) is 5.32 Å². The van der Waals surface area contributed by atoms with E-state index in [1.165, 1.54) is 0 Å². The summed E-state index contributed by atoms with van der Waals surface area (Å²) >= 11 is 0. The predicted molar refractivity (Wildman–Crippen MR) is 71.9 cm³/mol. The summed E-state index contributed by atoms with van der Waals surface area (Å²) in [6, 6.07) is 10.9. The summed E-state index contributed by atoms with van der Waals surface area (Å²) < 4.78 is 5.30. The lowest BCUT2D eigenvalue weighted by Gasteiger charge is -2.11. The highest BCUT2D eigenvalue weighted by Gasteiger charge is 2.15. The van der Waals surface area contributed by atoms with E-state index in [0.29, 0.717) is 17.1 Å². The Kier molecular flexibility index (Phi) is 4.02. The molecule has 0 aliphatic heterocycles. The van der Waals surface area contributed by atoms with Gasteiger partial charge in [0.05, 0.1) is 11.7 Å². The average Bonchev–Trinajstić information content (AvgIpc) is 2.75. The highest BCUT2D eigenvalue weighted by Crippen LogP contribution is 2.14. The number of aryl methyl sites for hydroxylation is 2. The molecule has 1 aromatic carbocycles. The predicted octanol–water partition coefficient (Wildman–Crippen LogP) is 2.36. The zero-order chi connectivity index (χ0) is 13.8. The van der Waals surface area contributed by atoms with Crippen molar-refractivity contribution < 1.29 is 14.3 Å². The zero-order valence-corrected chi connectivity index (χ0v) is 11.0. The Balaban J connectivity index is 1.96. The molecule has 0 aliphatic rings. The first-order valence-electron chi connectivity index (χ1n) is 6.16. The third kappa shape index (κ3) is 3.23. The molecule has 1 amide bonds. The van der Waals surface area contributed by atoms with Crippen LogP contribution in [0, 0.1) is 13.8 Å². The fourth-order valence-corrected chi connectivity index (χ4v) is 1.93. The van der Waals surface area contributed by atoms with Gasteiger partial charge in [-0.25, -0.2) is 0 Å². The van der Waals surface area contributed by atoms with Crippen LogP contribution in [-0.2, 0) is 0 Å². The molecule has 0 bridgehead atoms. The number of carbonyl (C=O) groups is 1. The van der Waals surface area contributed by atoms with Crippen LogP contribution in [0.2, 0.25) is 0 Å². The highest BCUT2D eigenvalue weighted by molar-refractivity contribution is 5.95. The molecule has 0 saturated carbocycles. The molecule has 1 atom stereocenters. The molecule has 2 rings (SSSR count). The first-order valence-corrected chi connectivity index (χ1v) is 6.16. The van der Waals surface area contributed by atoms with Gasteiger partial charge in [-0.1, -0.05) is 30.3 Å². The third-order valence-electron chi connectivity index (χ3n) is 2.93. The van der Waals surface area contributed by atoms with Gasteiger partial charge in [0.15, 0.2) is 0 Å². The van der Waals surface area contributed by atoms with Gasteiger partial charge < -0.3 is 14.8 Å². The fourth-order valence-electron chi connectivity index (χ4n) is 1.93. The van der Waals surface area contributed by atoms with Gasteiger partial charge in [-0.15, -0.1) is 0 Å². The van der Waals surface area contributed by atoms with Crippen LogP contribution in [0.4, 0.5) is 0 Å². The van der Waals surface area contributed by atoms with Gasteiger partial charge in [-0.05, 0) is 25.5 Å². The van der Waals surface area contributed by atoms with Crippen LogP contribution < -0.4 is 5.32 Å². The topological polar surface area (TPSA) is 62.5 Å². The van der Waals surface area contributed by atoms with Gasteiger partial charge in [0.2, 0.25) is 0 Å². The van der Waals surface area contributed by atoms with E-state index < -0.39 is 6.10 Å². The molecule has 4 nitrogen and oxygen atoms in total. The van der Waals surface area contributed by atoms with Crippen LogP contribution in [0.1, 0.15) is 33.5 Å². The number of aliphatic hydroxyl groups excluding tert-OH is 1. The molecule has 0 aliphatic carbocycles. The monoisotopic (exact) mass is 259 g/mol. The Morgan fingerprint density at radius 1 is 1.32 bits per heavy atom. The number of hydrogen-bond acceptors (Lipinski definition) is 3. The molecule has 0 fully saturated rings. The van der Waals surface area contributed by atoms with Crippen LogP contribution in [0.25, 0.3) is 0 Å². The number of carbonyl (C=O) groups excluding carboxylic acids is 1. The number of aliphatic hydroxyl groups is 1. The zero-order valence-electron chi connectivity index (χ0n) is 11.0. The lowest BCUT2D eigenvalue weighted by molar-refractivity contribution is 0.0915. The maximum atomic E-state index is 11.9. The van der Waals surface area contributed by atoms with E-state index in [9.17, 15) is 9.90 Å². The standard InChI is InChI=1S/C15H17NO3/c1-10-8-13(11(2)19-10)15(18)16-9-14(17)12-6-4-3-5-7-12/h3-8,14,17H,9H2,1-2H3,(H,16,18). The van der Waals surface area contributed by atoms with Crippen LogP contribution in [-0.4, -0.2) is 17.6 Å². The Morgan fingerprint density at radius 2 is 2.00 bits per heavy atom. The van der Waals surface area contributed by atoms with Gasteiger partial charge in [0.1, 0.15) is 11.5 Å². The van der Waals surface area contributed by atoms with Crippen LogP contribution in [0.5, 0.6) is 0 Å². The fraction of sp³-hybridized carbons (Fsp3) is 0.267. The van der Waals surface area contributed by atoms with E-state index in [4.69, 9.17) is 4.42 Å². The minimum absolute atomic E-state index is 0.173. The normalized spacial score (nSPS) is 12.2. The third-order valence-corrected chi connectivity index (χ3v) is 2.93. The van der Waals surface area contributed by atoms with Crippen LogP contribution in [0.3, 0.4) is 0 Å². The largest absolute Gasteiger partial charge is 0.466 e. The molecule has 2 N–H and O–H groups in total. The summed E-state index contributed by atoms with van der Waals surface area (Å²) in [6.07, 6.45) is -0.710. The molecular weight excluding hydrogens is 242 g/mol. The summed E-state index contributed by atoms with van der Waals surface area (Å²) in [5.74, 6) is 1.06. The van der Waals surface area contributed by atoms with E-state index in [2.05, 4.69) is 5.32 Å². The van der Waals surface area contributed by atoms with Crippen molar-refractivity contribution in [3.05, 3.63) is 59.0 Å². The summed E-state index contributed by atoms with van der Waals surface area (Å²) in [6.45, 7) is 3.71. The molecule has 0 spiro atoms. The SMILES string of the molecule is Cc1cc(C(=O)NCC(O)c2ccccc2)c(C)o1. The lowest BCUT2D eigenvalue weighted by Crippen LogP contribution is -2.28. The van der Waals surface area contributed by atoms with Crippen LogP contribution >= 0.6 is 0 Å². The average molecular weight is 259 g/mol. The van der Waals surface area contributed by atoms with E-state index >= 15 is 0 Å². The van der Waals surface area contributed by atoms with E-state index in [1.807, 2.05) is 30.3 Å². The first-order chi connectivity index (χ1) is 9.08. The molecular formula is C15H17NO3. The number of rotatable bonds is 4. The van der Waals surface area contributed by atoms with Crippen molar-refractivity contribution in [2.24, 2.45) is 0 Å². The van der Waals surface area contributed by atoms with Crippen molar-refractivity contribution in [1.29, 1.82) is 0 Å². The van der Waals surface area contributed by atoms with Gasteiger partial charge in [0, 0.05) is 6.54 Å². The van der Waals surface area contributed by atoms with Crippen molar-refractivity contribution >= 4 is 5.91 Å². The highest BCUT2D eigenvalue weighted by atomic mass is 16.3. The number of nitrogens with one attached hydrogen (secondary N) is 1. The number of furan rings is 1. The minimum atomic E-state index is -0.710. The molecule has 1 aromatic heterocycles. The summed E-state index contributed by atoms with van der Waals surface area (Å²) in [5, 5.41) is 12.7. The Morgan fingerprint density at radius 3 is 2.58 bits per heavy atom. The summed E-state index contributed by atoms with van der Waals surface area (Å²) in [4.78, 5) is 11.9. The van der Waals surface area contributed by atoms with Gasteiger partial charge in [-0.3, -0.25) is 4.79 Å². The van der Waals surface area contributed by atoms with E-state index in [-0.39, 0.29) is 12.5 Å².